The molecule has 0 radical (unpaired) electrons. The van der Waals surface area contributed by atoms with E-state index in [1.165, 1.54) is 125 Å². The first kappa shape index (κ1) is 22.4. The van der Waals surface area contributed by atoms with E-state index in [1.807, 2.05) is 6.08 Å². The van der Waals surface area contributed by atoms with Gasteiger partial charge in [0.25, 0.3) is 0 Å². The molecular weight excluding hydrogens is 352 g/mol. The van der Waals surface area contributed by atoms with Crippen molar-refractivity contribution < 1.29 is 0 Å². The van der Waals surface area contributed by atoms with Crippen molar-refractivity contribution in [3.05, 3.63) is 35.7 Å². The van der Waals surface area contributed by atoms with Crippen molar-refractivity contribution in [1.82, 2.24) is 5.32 Å². The fourth-order valence-corrected chi connectivity index (χ4v) is 5.43. The molecule has 2 aliphatic carbocycles. The second-order valence-electron chi connectivity index (χ2n) is 9.60. The summed E-state index contributed by atoms with van der Waals surface area (Å²) in [6.45, 7) is 7.26. The lowest BCUT2D eigenvalue weighted by molar-refractivity contribution is 0.460. The summed E-state index contributed by atoms with van der Waals surface area (Å²) in [7, 11) is 0. The van der Waals surface area contributed by atoms with E-state index in [4.69, 9.17) is 4.99 Å². The monoisotopic (exact) mass is 396 g/mol. The minimum absolute atomic E-state index is 0.673. The van der Waals surface area contributed by atoms with Crippen LogP contribution in [0.5, 0.6) is 0 Å². The van der Waals surface area contributed by atoms with Gasteiger partial charge in [-0.1, -0.05) is 89.7 Å². The van der Waals surface area contributed by atoms with Gasteiger partial charge in [0, 0.05) is 11.4 Å². The molecule has 0 unspecified atom stereocenters. The van der Waals surface area contributed by atoms with Crippen LogP contribution in [0.25, 0.3) is 0 Å². The highest BCUT2D eigenvalue weighted by molar-refractivity contribution is 5.85. The van der Waals surface area contributed by atoms with E-state index in [-0.39, 0.29) is 0 Å². The molecule has 0 aromatic carbocycles. The normalized spacial score (nSPS) is 24.9. The Morgan fingerprint density at radius 3 is 1.93 bits per heavy atom. The third-order valence-electron chi connectivity index (χ3n) is 7.38. The van der Waals surface area contributed by atoms with Crippen molar-refractivity contribution in [2.75, 3.05) is 6.54 Å². The molecule has 0 aromatic rings. The van der Waals surface area contributed by atoms with Gasteiger partial charge in [0.05, 0.1) is 12.2 Å². The number of dihydropyridines is 1. The molecule has 1 aliphatic heterocycles. The lowest BCUT2D eigenvalue weighted by Gasteiger charge is -2.26. The first-order chi connectivity index (χ1) is 14.3. The number of nitrogens with zero attached hydrogens (tertiary/aromatic N) is 1. The third-order valence-corrected chi connectivity index (χ3v) is 7.38. The molecule has 1 heterocycles. The van der Waals surface area contributed by atoms with E-state index in [9.17, 15) is 0 Å². The number of allylic oxidation sites excluding steroid dienone is 4. The smallest absolute Gasteiger partial charge is 0.0666 e. The quantitative estimate of drug-likeness (QED) is 0.480. The topological polar surface area (TPSA) is 24.4 Å². The molecule has 162 valence electrons. The molecule has 0 amide bonds. The van der Waals surface area contributed by atoms with Gasteiger partial charge in [0.2, 0.25) is 0 Å². The van der Waals surface area contributed by atoms with Crippen LogP contribution in [0.15, 0.2) is 40.7 Å². The van der Waals surface area contributed by atoms with Gasteiger partial charge < -0.3 is 5.32 Å². The van der Waals surface area contributed by atoms with E-state index in [0.29, 0.717) is 11.8 Å². The summed E-state index contributed by atoms with van der Waals surface area (Å²) in [6, 6.07) is 0. The highest BCUT2D eigenvalue weighted by Crippen LogP contribution is 2.30. The summed E-state index contributed by atoms with van der Waals surface area (Å²) in [4.78, 5) is 5.16. The van der Waals surface area contributed by atoms with E-state index in [1.54, 1.807) is 0 Å². The predicted molar refractivity (Wildman–Crippen MR) is 127 cm³/mol. The Bertz CT molecular complexity index is 590. The van der Waals surface area contributed by atoms with Gasteiger partial charge in [-0.3, -0.25) is 4.99 Å². The molecule has 2 heteroatoms. The minimum Gasteiger partial charge on any atom is -0.382 e. The zero-order valence-corrected chi connectivity index (χ0v) is 19.0. The van der Waals surface area contributed by atoms with Crippen LogP contribution >= 0.6 is 0 Å². The molecule has 2 nitrogen and oxygen atoms in total. The molecule has 0 spiro atoms. The molecule has 2 fully saturated rings. The van der Waals surface area contributed by atoms with Crippen LogP contribution in [-0.2, 0) is 0 Å². The van der Waals surface area contributed by atoms with Crippen molar-refractivity contribution in [3.8, 4) is 0 Å². The van der Waals surface area contributed by atoms with Gasteiger partial charge in [-0.25, -0.2) is 0 Å². The Labute approximate surface area is 180 Å². The highest BCUT2D eigenvalue weighted by Gasteiger charge is 2.20. The molecule has 29 heavy (non-hydrogen) atoms. The lowest BCUT2D eigenvalue weighted by atomic mass is 9.90. The largest absolute Gasteiger partial charge is 0.382 e. The SMILES string of the molecule is C=CC1=C(/N=C(\C)C2CCCCCCCC2)CNC(C2CCCCCCCC2)=C1. The van der Waals surface area contributed by atoms with Gasteiger partial charge in [-0.2, -0.15) is 0 Å². The molecule has 0 atom stereocenters. The molecule has 2 saturated carbocycles. The minimum atomic E-state index is 0.673. The van der Waals surface area contributed by atoms with Gasteiger partial charge in [0.15, 0.2) is 0 Å². The summed E-state index contributed by atoms with van der Waals surface area (Å²) in [5.41, 5.74) is 5.24. The van der Waals surface area contributed by atoms with Gasteiger partial charge >= 0.3 is 0 Å². The maximum atomic E-state index is 5.16. The molecular formula is C27H44N2. The maximum absolute atomic E-state index is 5.16. The molecule has 0 aromatic heterocycles. The van der Waals surface area contributed by atoms with E-state index < -0.39 is 0 Å². The van der Waals surface area contributed by atoms with Crippen LogP contribution in [0.3, 0.4) is 0 Å². The molecule has 0 saturated heterocycles. The number of rotatable bonds is 4. The lowest BCUT2D eigenvalue weighted by Crippen LogP contribution is -2.27. The Morgan fingerprint density at radius 2 is 1.38 bits per heavy atom. The highest BCUT2D eigenvalue weighted by atomic mass is 14.9. The maximum Gasteiger partial charge on any atom is 0.0666 e. The Morgan fingerprint density at radius 1 is 0.862 bits per heavy atom. The number of hydrogen-bond acceptors (Lipinski definition) is 2. The summed E-state index contributed by atoms with van der Waals surface area (Å²) in [5, 5.41) is 3.76. The van der Waals surface area contributed by atoms with E-state index >= 15 is 0 Å². The number of aliphatic imine (C=N–C) groups is 1. The standard InChI is InChI=1S/C27H44N2/c1-3-23-20-26(25-18-14-10-6-7-11-15-19-25)28-21-27(23)29-22(2)24-16-12-8-4-5-9-13-17-24/h3,20,24-25,28H,1,4-19,21H2,2H3/b29-22+. The third kappa shape index (κ3) is 7.15. The summed E-state index contributed by atoms with van der Waals surface area (Å²) in [6.07, 6.45) is 26.5. The average molecular weight is 397 g/mol. The van der Waals surface area contributed by atoms with Crippen molar-refractivity contribution >= 4 is 5.71 Å². The molecule has 3 aliphatic rings. The van der Waals surface area contributed by atoms with Gasteiger partial charge in [-0.15, -0.1) is 0 Å². The van der Waals surface area contributed by atoms with Crippen LogP contribution in [0.1, 0.15) is 110 Å². The summed E-state index contributed by atoms with van der Waals surface area (Å²) in [5.74, 6) is 1.37. The van der Waals surface area contributed by atoms with Crippen molar-refractivity contribution in [2.24, 2.45) is 16.8 Å². The second-order valence-corrected chi connectivity index (χ2v) is 9.60. The van der Waals surface area contributed by atoms with Crippen molar-refractivity contribution in [2.45, 2.75) is 110 Å². The number of nitrogens with one attached hydrogen (secondary N) is 1. The van der Waals surface area contributed by atoms with Gasteiger partial charge in [-0.05, 0) is 56.1 Å². The first-order valence-electron chi connectivity index (χ1n) is 12.6. The number of hydrogen-bond donors (Lipinski definition) is 1. The second kappa shape index (κ2) is 12.4. The Hall–Kier alpha value is -1.31. The first-order valence-corrected chi connectivity index (χ1v) is 12.6. The van der Waals surface area contributed by atoms with Crippen LogP contribution in [0, 0.1) is 11.8 Å². The zero-order valence-electron chi connectivity index (χ0n) is 19.0. The predicted octanol–water partition coefficient (Wildman–Crippen LogP) is 7.88. The van der Waals surface area contributed by atoms with Gasteiger partial charge in [0.1, 0.15) is 0 Å². The van der Waals surface area contributed by atoms with E-state index in [2.05, 4.69) is 24.9 Å². The molecule has 3 rings (SSSR count). The van der Waals surface area contributed by atoms with Crippen LogP contribution in [0.2, 0.25) is 0 Å². The van der Waals surface area contributed by atoms with Crippen LogP contribution < -0.4 is 5.32 Å². The van der Waals surface area contributed by atoms with Crippen molar-refractivity contribution in [3.63, 3.8) is 0 Å². The molecule has 0 bridgehead atoms. The van der Waals surface area contributed by atoms with E-state index in [0.717, 1.165) is 6.54 Å². The zero-order chi connectivity index (χ0) is 20.3. The fraction of sp³-hybridized carbons (Fsp3) is 0.741. The Kier molecular flexibility index (Phi) is 9.57. The summed E-state index contributed by atoms with van der Waals surface area (Å²) >= 11 is 0. The fourth-order valence-electron chi connectivity index (χ4n) is 5.43. The van der Waals surface area contributed by atoms with Crippen LogP contribution in [-0.4, -0.2) is 12.3 Å². The Balaban J connectivity index is 1.72. The summed E-state index contributed by atoms with van der Waals surface area (Å²) < 4.78 is 0. The molecule has 1 N–H and O–H groups in total. The van der Waals surface area contributed by atoms with Crippen LogP contribution in [0.4, 0.5) is 0 Å². The average Bonchev–Trinajstić information content (AvgIpc) is 2.97. The van der Waals surface area contributed by atoms with Crippen molar-refractivity contribution in [1.29, 1.82) is 0 Å².